The minimum Gasteiger partial charge on any atom is -0.359 e. The molecule has 2 unspecified atom stereocenters. The van der Waals surface area contributed by atoms with Gasteiger partial charge in [-0.15, -0.1) is 0 Å². The molecule has 4 aromatic carbocycles. The first-order valence-corrected chi connectivity index (χ1v) is 17.8. The van der Waals surface area contributed by atoms with Crippen LogP contribution in [-0.2, 0) is 16.2 Å². The minimum atomic E-state index is -0.0417. The zero-order valence-electron chi connectivity index (χ0n) is 30.7. The highest BCUT2D eigenvalue weighted by Crippen LogP contribution is 2.61. The van der Waals surface area contributed by atoms with Crippen LogP contribution >= 0.6 is 0 Å². The summed E-state index contributed by atoms with van der Waals surface area (Å²) in [5, 5.41) is 3.73. The molecule has 0 bridgehead atoms. The summed E-state index contributed by atoms with van der Waals surface area (Å²) >= 11 is 0. The summed E-state index contributed by atoms with van der Waals surface area (Å²) in [6.07, 6.45) is 8.76. The van der Waals surface area contributed by atoms with Gasteiger partial charge >= 0.3 is 0 Å². The van der Waals surface area contributed by atoms with Crippen molar-refractivity contribution < 1.29 is 0 Å². The van der Waals surface area contributed by atoms with Crippen LogP contribution in [-0.4, -0.2) is 5.54 Å². The predicted molar refractivity (Wildman–Crippen MR) is 209 cm³/mol. The van der Waals surface area contributed by atoms with E-state index in [1.54, 1.807) is 0 Å². The van der Waals surface area contributed by atoms with Crippen molar-refractivity contribution in [2.45, 2.75) is 110 Å². The average molecular weight is 638 g/mol. The van der Waals surface area contributed by atoms with Crippen LogP contribution in [0.5, 0.6) is 0 Å². The summed E-state index contributed by atoms with van der Waals surface area (Å²) in [7, 11) is 0. The molecule has 0 saturated heterocycles. The number of hydrogen-bond acceptors (Lipinski definition) is 3. The lowest BCUT2D eigenvalue weighted by Crippen LogP contribution is -2.54. The number of benzene rings is 4. The second-order valence-electron chi connectivity index (χ2n) is 16.6. The molecule has 1 N–H and O–H groups in total. The number of para-hydroxylation sites is 1. The molecule has 1 aliphatic heterocycles. The molecule has 1 fully saturated rings. The smallest absolute Gasteiger partial charge is 0.0517 e. The lowest BCUT2D eigenvalue weighted by Gasteiger charge is -2.50. The van der Waals surface area contributed by atoms with Crippen molar-refractivity contribution in [2.24, 2.45) is 0 Å². The number of anilines is 6. The van der Waals surface area contributed by atoms with Crippen LogP contribution in [0.1, 0.15) is 105 Å². The van der Waals surface area contributed by atoms with Crippen LogP contribution in [0.15, 0.2) is 115 Å². The van der Waals surface area contributed by atoms with Crippen molar-refractivity contribution >= 4 is 34.1 Å². The Morgan fingerprint density at radius 3 is 1.96 bits per heavy atom. The summed E-state index contributed by atoms with van der Waals surface area (Å²) in [5.74, 6) is 0. The van der Waals surface area contributed by atoms with Gasteiger partial charge in [0.2, 0.25) is 0 Å². The number of nitrogens with zero attached hydrogens (tertiary/aromatic N) is 2. The van der Waals surface area contributed by atoms with Gasteiger partial charge in [-0.25, -0.2) is 0 Å². The highest BCUT2D eigenvalue weighted by molar-refractivity contribution is 5.86. The molecule has 3 nitrogen and oxygen atoms in total. The van der Waals surface area contributed by atoms with Gasteiger partial charge in [0.15, 0.2) is 0 Å². The molecule has 3 heteroatoms. The Kier molecular flexibility index (Phi) is 8.65. The average Bonchev–Trinajstić information content (AvgIpc) is 3.24. The predicted octanol–water partition coefficient (Wildman–Crippen LogP) is 13.0. The first-order valence-electron chi connectivity index (χ1n) is 17.8. The molecular weight excluding hydrogens is 583 g/mol. The van der Waals surface area contributed by atoms with Crippen LogP contribution in [0, 0.1) is 0 Å². The van der Waals surface area contributed by atoms with Crippen molar-refractivity contribution in [1.82, 2.24) is 0 Å². The fourth-order valence-corrected chi connectivity index (χ4v) is 8.14. The van der Waals surface area contributed by atoms with Gasteiger partial charge in [0.1, 0.15) is 0 Å². The molecule has 1 heterocycles. The maximum absolute atomic E-state index is 3.96. The quantitative estimate of drug-likeness (QED) is 0.203. The van der Waals surface area contributed by atoms with Crippen LogP contribution in [0.4, 0.5) is 34.1 Å². The summed E-state index contributed by atoms with van der Waals surface area (Å²) in [6, 6.07) is 34.4. The highest BCUT2D eigenvalue weighted by Gasteiger charge is 2.57. The third-order valence-electron chi connectivity index (χ3n) is 11.1. The molecular formula is C45H55N3. The lowest BCUT2D eigenvalue weighted by molar-refractivity contribution is 0.195. The van der Waals surface area contributed by atoms with E-state index in [0.29, 0.717) is 0 Å². The SMILES string of the molecule is C=C/C=C(\C)Nc1cc(N(c2cccc(C(C)(C)C)c2)c2cccc(C(C)(C)C)c2)cc(N2c3ccccc3C3(C)CCCCC23C)c1. The Hall–Kier alpha value is -4.24. The maximum atomic E-state index is 3.96. The lowest BCUT2D eigenvalue weighted by atomic mass is 9.61. The van der Waals surface area contributed by atoms with E-state index in [2.05, 4.69) is 175 Å². The third-order valence-corrected chi connectivity index (χ3v) is 11.1. The molecule has 0 amide bonds. The molecule has 0 spiro atoms. The van der Waals surface area contributed by atoms with Crippen LogP contribution < -0.4 is 15.1 Å². The number of hydrogen-bond donors (Lipinski definition) is 1. The van der Waals surface area contributed by atoms with Crippen molar-refractivity contribution in [3.05, 3.63) is 132 Å². The molecule has 2 aliphatic rings. The summed E-state index contributed by atoms with van der Waals surface area (Å²) in [6.45, 7) is 24.8. The first-order chi connectivity index (χ1) is 22.7. The van der Waals surface area contributed by atoms with E-state index in [1.807, 2.05) is 12.2 Å². The van der Waals surface area contributed by atoms with E-state index >= 15 is 0 Å². The van der Waals surface area contributed by atoms with E-state index in [0.717, 1.165) is 34.9 Å². The Morgan fingerprint density at radius 2 is 1.35 bits per heavy atom. The normalized spacial score (nSPS) is 21.0. The monoisotopic (exact) mass is 637 g/mol. The van der Waals surface area contributed by atoms with Gasteiger partial charge in [-0.2, -0.15) is 0 Å². The number of fused-ring (bicyclic) bond motifs is 3. The van der Waals surface area contributed by atoms with E-state index < -0.39 is 0 Å². The van der Waals surface area contributed by atoms with Gasteiger partial charge in [0.25, 0.3) is 0 Å². The Bertz CT molecular complexity index is 1790. The second kappa shape index (κ2) is 12.3. The van der Waals surface area contributed by atoms with Gasteiger partial charge < -0.3 is 15.1 Å². The van der Waals surface area contributed by atoms with Crippen molar-refractivity contribution in [1.29, 1.82) is 0 Å². The van der Waals surface area contributed by atoms with Crippen molar-refractivity contribution in [3.63, 3.8) is 0 Å². The number of allylic oxidation sites excluding steroid dienone is 3. The Morgan fingerprint density at radius 1 is 0.750 bits per heavy atom. The highest BCUT2D eigenvalue weighted by atomic mass is 15.3. The molecule has 2 atom stereocenters. The molecule has 4 aromatic rings. The van der Waals surface area contributed by atoms with Gasteiger partial charge in [0.05, 0.1) is 11.2 Å². The van der Waals surface area contributed by atoms with Gasteiger partial charge in [-0.3, -0.25) is 0 Å². The van der Waals surface area contributed by atoms with Crippen molar-refractivity contribution in [2.75, 3.05) is 15.1 Å². The van der Waals surface area contributed by atoms with Gasteiger partial charge in [-0.1, -0.05) is 116 Å². The fraction of sp³-hybridized carbons (Fsp3) is 0.378. The van der Waals surface area contributed by atoms with E-state index in [9.17, 15) is 0 Å². The van der Waals surface area contributed by atoms with E-state index in [-0.39, 0.29) is 21.8 Å². The summed E-state index contributed by atoms with van der Waals surface area (Å²) < 4.78 is 0. The zero-order valence-corrected chi connectivity index (χ0v) is 30.7. The molecule has 1 saturated carbocycles. The second-order valence-corrected chi connectivity index (χ2v) is 16.6. The summed E-state index contributed by atoms with van der Waals surface area (Å²) in [5.41, 5.74) is 12.3. The maximum Gasteiger partial charge on any atom is 0.0517 e. The van der Waals surface area contributed by atoms with Gasteiger partial charge in [-0.05, 0) is 109 Å². The first kappa shape index (κ1) is 33.7. The summed E-state index contributed by atoms with van der Waals surface area (Å²) in [4.78, 5) is 5.13. The fourth-order valence-electron chi connectivity index (χ4n) is 8.14. The molecule has 1 aliphatic carbocycles. The zero-order chi connectivity index (χ0) is 34.5. The van der Waals surface area contributed by atoms with Crippen molar-refractivity contribution in [3.8, 4) is 0 Å². The number of nitrogens with one attached hydrogen (secondary N) is 1. The topological polar surface area (TPSA) is 18.5 Å². The Balaban J connectivity index is 1.63. The molecule has 6 rings (SSSR count). The third kappa shape index (κ3) is 5.97. The van der Waals surface area contributed by atoms with Crippen LogP contribution in [0.2, 0.25) is 0 Å². The number of rotatable bonds is 7. The largest absolute Gasteiger partial charge is 0.359 e. The van der Waals surface area contributed by atoms with E-state index in [1.165, 1.54) is 47.3 Å². The molecule has 250 valence electrons. The molecule has 48 heavy (non-hydrogen) atoms. The molecule has 0 radical (unpaired) electrons. The Labute approximate surface area is 290 Å². The molecule has 0 aromatic heterocycles. The minimum absolute atomic E-state index is 0.0232. The standard InChI is InChI=1S/C45H55N3/c1-11-18-32(2)46-35-29-38(31-39(30-35)48-41-24-13-12-23-40(41)44(9)25-14-15-26-45(44,48)10)47(36-21-16-19-33(27-36)42(3,4)5)37-22-17-20-34(28-37)43(6,7)8/h11-13,16-24,27-31,46H,1,14-15,25-26H2,2-10H3/b32-18+. The van der Waals surface area contributed by atoms with Crippen LogP contribution in [0.25, 0.3) is 0 Å². The van der Waals surface area contributed by atoms with Crippen LogP contribution in [0.3, 0.4) is 0 Å². The van der Waals surface area contributed by atoms with E-state index in [4.69, 9.17) is 0 Å². The van der Waals surface area contributed by atoms with Gasteiger partial charge in [0, 0.05) is 39.5 Å².